The summed E-state index contributed by atoms with van der Waals surface area (Å²) in [5.74, 6) is 1.69. The van der Waals surface area contributed by atoms with Crippen LogP contribution in [-0.4, -0.2) is 30.1 Å². The van der Waals surface area contributed by atoms with Crippen molar-refractivity contribution in [3.05, 3.63) is 90.0 Å². The van der Waals surface area contributed by atoms with E-state index in [0.29, 0.717) is 46.6 Å². The molecule has 35 heavy (non-hydrogen) atoms. The van der Waals surface area contributed by atoms with Crippen molar-refractivity contribution in [2.75, 3.05) is 19.5 Å². The number of hydrogen-bond donors (Lipinski definition) is 2. The van der Waals surface area contributed by atoms with E-state index in [1.54, 1.807) is 56.7 Å². The van der Waals surface area contributed by atoms with E-state index < -0.39 is 5.91 Å². The van der Waals surface area contributed by atoms with Gasteiger partial charge in [-0.25, -0.2) is 14.4 Å². The summed E-state index contributed by atoms with van der Waals surface area (Å²) in [5.41, 5.74) is 7.57. The minimum absolute atomic E-state index is 0.0640. The third-order valence-electron chi connectivity index (χ3n) is 5.15. The summed E-state index contributed by atoms with van der Waals surface area (Å²) in [6.45, 7) is 0.353. The number of nitrogens with one attached hydrogen (secondary N) is 1. The first-order valence-electron chi connectivity index (χ1n) is 10.6. The molecular weight excluding hydrogens is 451 g/mol. The van der Waals surface area contributed by atoms with Crippen LogP contribution in [0.5, 0.6) is 23.0 Å². The van der Waals surface area contributed by atoms with Crippen LogP contribution in [0, 0.1) is 5.82 Å². The summed E-state index contributed by atoms with van der Waals surface area (Å²) in [6, 6.07) is 18.2. The predicted octanol–water partition coefficient (Wildman–Crippen LogP) is 4.80. The summed E-state index contributed by atoms with van der Waals surface area (Å²) in [4.78, 5) is 20.9. The Morgan fingerprint density at radius 1 is 0.943 bits per heavy atom. The van der Waals surface area contributed by atoms with Crippen molar-refractivity contribution in [2.45, 2.75) is 6.54 Å². The Kier molecular flexibility index (Phi) is 7.06. The first-order valence-corrected chi connectivity index (χ1v) is 10.6. The molecule has 0 atom stereocenters. The van der Waals surface area contributed by atoms with Crippen LogP contribution in [0.25, 0.3) is 11.4 Å². The quantitative estimate of drug-likeness (QED) is 0.359. The number of rotatable bonds is 9. The maximum Gasteiger partial charge on any atom is 0.269 e. The number of ether oxygens (including phenoxy) is 3. The Labute approximate surface area is 201 Å². The molecule has 3 aromatic carbocycles. The standard InChI is InChI=1S/C26H23FN4O4/c1-33-21-10-5-17(23(13-21)34-2)14-29-22-15-30-26(31-24(22)25(28)32)16-3-8-19(9-4-16)35-20-11-6-18(27)7-12-20/h3-13,15,29H,14H2,1-2H3,(H2,28,32). The fourth-order valence-corrected chi connectivity index (χ4v) is 3.34. The monoisotopic (exact) mass is 474 g/mol. The maximum atomic E-state index is 13.1. The number of primary amides is 1. The Bertz CT molecular complexity index is 1330. The van der Waals surface area contributed by atoms with Crippen molar-refractivity contribution in [1.29, 1.82) is 0 Å². The first kappa shape index (κ1) is 23.5. The van der Waals surface area contributed by atoms with Crippen molar-refractivity contribution in [2.24, 2.45) is 5.73 Å². The molecule has 0 fully saturated rings. The molecule has 3 N–H and O–H groups in total. The second-order valence-corrected chi connectivity index (χ2v) is 7.43. The van der Waals surface area contributed by atoms with Gasteiger partial charge in [-0.3, -0.25) is 4.79 Å². The van der Waals surface area contributed by atoms with Gasteiger partial charge in [0.05, 0.1) is 26.1 Å². The SMILES string of the molecule is COc1ccc(CNc2cnc(-c3ccc(Oc4ccc(F)cc4)cc3)nc2C(N)=O)c(OC)c1. The lowest BCUT2D eigenvalue weighted by molar-refractivity contribution is 0.0996. The second kappa shape index (κ2) is 10.5. The minimum atomic E-state index is -0.686. The Morgan fingerprint density at radius 2 is 1.60 bits per heavy atom. The van der Waals surface area contributed by atoms with Gasteiger partial charge in [0.1, 0.15) is 28.8 Å². The van der Waals surface area contributed by atoms with E-state index in [2.05, 4.69) is 15.3 Å². The van der Waals surface area contributed by atoms with Crippen molar-refractivity contribution >= 4 is 11.6 Å². The summed E-state index contributed by atoms with van der Waals surface area (Å²) >= 11 is 0. The van der Waals surface area contributed by atoms with Crippen LogP contribution in [0.1, 0.15) is 16.1 Å². The van der Waals surface area contributed by atoms with Gasteiger partial charge in [0.15, 0.2) is 11.5 Å². The molecule has 8 nitrogen and oxygen atoms in total. The van der Waals surface area contributed by atoms with Crippen molar-refractivity contribution in [3.8, 4) is 34.4 Å². The molecule has 0 aliphatic carbocycles. The van der Waals surface area contributed by atoms with Gasteiger partial charge in [0, 0.05) is 23.7 Å². The number of benzene rings is 3. The average molecular weight is 474 g/mol. The number of carbonyl (C=O) groups excluding carboxylic acids is 1. The molecule has 1 heterocycles. The lowest BCUT2D eigenvalue weighted by Crippen LogP contribution is -2.17. The number of hydrogen-bond acceptors (Lipinski definition) is 7. The van der Waals surface area contributed by atoms with Gasteiger partial charge in [-0.05, 0) is 60.7 Å². The Hall–Kier alpha value is -4.66. The summed E-state index contributed by atoms with van der Waals surface area (Å²) < 4.78 is 29.4. The van der Waals surface area contributed by atoms with Crippen LogP contribution in [0.15, 0.2) is 72.9 Å². The molecule has 1 aromatic heterocycles. The number of nitrogens with zero attached hydrogens (tertiary/aromatic N) is 2. The third-order valence-corrected chi connectivity index (χ3v) is 5.15. The highest BCUT2D eigenvalue weighted by Crippen LogP contribution is 2.27. The van der Waals surface area contributed by atoms with Crippen molar-refractivity contribution in [3.63, 3.8) is 0 Å². The fourth-order valence-electron chi connectivity index (χ4n) is 3.34. The first-order chi connectivity index (χ1) is 17.0. The molecule has 4 rings (SSSR count). The number of carbonyl (C=O) groups is 1. The molecule has 0 saturated carbocycles. The van der Waals surface area contributed by atoms with Gasteiger partial charge in [0.2, 0.25) is 0 Å². The van der Waals surface area contributed by atoms with E-state index in [1.807, 2.05) is 12.1 Å². The topological polar surface area (TPSA) is 109 Å². The lowest BCUT2D eigenvalue weighted by Gasteiger charge is -2.14. The minimum Gasteiger partial charge on any atom is -0.497 e. The zero-order valence-electron chi connectivity index (χ0n) is 19.1. The highest BCUT2D eigenvalue weighted by Gasteiger charge is 2.15. The second-order valence-electron chi connectivity index (χ2n) is 7.43. The Morgan fingerprint density at radius 3 is 2.23 bits per heavy atom. The largest absolute Gasteiger partial charge is 0.497 e. The van der Waals surface area contributed by atoms with E-state index in [0.717, 1.165) is 5.56 Å². The van der Waals surface area contributed by atoms with Crippen LogP contribution in [0.4, 0.5) is 10.1 Å². The highest BCUT2D eigenvalue weighted by molar-refractivity contribution is 5.96. The van der Waals surface area contributed by atoms with E-state index in [4.69, 9.17) is 19.9 Å². The van der Waals surface area contributed by atoms with Crippen LogP contribution in [0.3, 0.4) is 0 Å². The maximum absolute atomic E-state index is 13.1. The highest BCUT2D eigenvalue weighted by atomic mass is 19.1. The molecule has 4 aromatic rings. The van der Waals surface area contributed by atoms with Crippen LogP contribution >= 0.6 is 0 Å². The summed E-state index contributed by atoms with van der Waals surface area (Å²) in [6.07, 6.45) is 1.52. The Balaban J connectivity index is 1.51. The molecule has 178 valence electrons. The molecule has 0 saturated heterocycles. The van der Waals surface area contributed by atoms with Gasteiger partial charge < -0.3 is 25.3 Å². The summed E-state index contributed by atoms with van der Waals surface area (Å²) in [5, 5.41) is 3.15. The molecule has 0 aliphatic heterocycles. The molecule has 0 aliphatic rings. The smallest absolute Gasteiger partial charge is 0.269 e. The molecule has 9 heteroatoms. The van der Waals surface area contributed by atoms with Crippen molar-refractivity contribution < 1.29 is 23.4 Å². The molecular formula is C26H23FN4O4. The molecule has 0 bridgehead atoms. The molecule has 0 unspecified atom stereocenters. The number of amides is 1. The van der Waals surface area contributed by atoms with Gasteiger partial charge in [-0.15, -0.1) is 0 Å². The lowest BCUT2D eigenvalue weighted by atomic mass is 10.1. The normalized spacial score (nSPS) is 10.5. The van der Waals surface area contributed by atoms with Gasteiger partial charge in [-0.2, -0.15) is 0 Å². The fraction of sp³-hybridized carbons (Fsp3) is 0.115. The number of methoxy groups -OCH3 is 2. The van der Waals surface area contributed by atoms with Gasteiger partial charge >= 0.3 is 0 Å². The zero-order valence-corrected chi connectivity index (χ0v) is 19.1. The van der Waals surface area contributed by atoms with Crippen LogP contribution < -0.4 is 25.3 Å². The molecule has 0 spiro atoms. The van der Waals surface area contributed by atoms with Crippen molar-refractivity contribution in [1.82, 2.24) is 9.97 Å². The third kappa shape index (κ3) is 5.64. The summed E-state index contributed by atoms with van der Waals surface area (Å²) in [7, 11) is 3.15. The predicted molar refractivity (Wildman–Crippen MR) is 129 cm³/mol. The number of aromatic nitrogens is 2. The van der Waals surface area contributed by atoms with Gasteiger partial charge in [0.25, 0.3) is 5.91 Å². The number of halogens is 1. The van der Waals surface area contributed by atoms with E-state index in [9.17, 15) is 9.18 Å². The van der Waals surface area contributed by atoms with Crippen LogP contribution in [0.2, 0.25) is 0 Å². The van der Waals surface area contributed by atoms with Gasteiger partial charge in [-0.1, -0.05) is 0 Å². The molecule has 1 amide bonds. The van der Waals surface area contributed by atoms with Crippen LogP contribution in [-0.2, 0) is 6.54 Å². The average Bonchev–Trinajstić information content (AvgIpc) is 2.89. The van der Waals surface area contributed by atoms with E-state index >= 15 is 0 Å². The number of anilines is 1. The van der Waals surface area contributed by atoms with E-state index in [1.165, 1.54) is 18.3 Å². The number of nitrogens with two attached hydrogens (primary N) is 1. The van der Waals surface area contributed by atoms with E-state index in [-0.39, 0.29) is 11.5 Å². The molecule has 0 radical (unpaired) electrons. The zero-order chi connectivity index (χ0) is 24.8.